The summed E-state index contributed by atoms with van der Waals surface area (Å²) in [7, 11) is 2.20. The van der Waals surface area contributed by atoms with E-state index in [-0.39, 0.29) is 12.3 Å². The number of esters is 2. The van der Waals surface area contributed by atoms with Crippen LogP contribution in [-0.2, 0) is 35.2 Å². The van der Waals surface area contributed by atoms with Crippen LogP contribution in [0.1, 0.15) is 30.4 Å². The standard InChI is InChI=1S/C25H29N3O10/c1-15(29)21(27-25(33)38-14-16-7-5-4-6-8-16)23(31)26-22(24(32)37-3)19(13-20(30)36-2)17-9-11-18(12-10-17)28(34)35/h4-12,15,19,21-22,29H,13-14H2,1-3H3,(H,26,31)(H,27,33)/t15-,19-,21+,22+/m1/s1. The van der Waals surface area contributed by atoms with Crippen LogP contribution in [0.5, 0.6) is 0 Å². The van der Waals surface area contributed by atoms with E-state index in [4.69, 9.17) is 14.2 Å². The number of amides is 2. The lowest BCUT2D eigenvalue weighted by Gasteiger charge is -2.28. The SMILES string of the molecule is COC(=O)C[C@H](c1ccc([N+](=O)[O-])cc1)[C@H](NC(=O)[C@@H](NC(=O)OCc1ccccc1)[C@@H](C)O)C(=O)OC. The molecule has 13 heteroatoms. The van der Waals surface area contributed by atoms with Gasteiger partial charge in [0.1, 0.15) is 18.7 Å². The second-order valence-corrected chi connectivity index (χ2v) is 8.17. The van der Waals surface area contributed by atoms with Crippen LogP contribution in [0, 0.1) is 10.1 Å². The zero-order chi connectivity index (χ0) is 28.2. The Labute approximate surface area is 218 Å². The second kappa shape index (κ2) is 14.3. The lowest BCUT2D eigenvalue weighted by atomic mass is 9.88. The van der Waals surface area contributed by atoms with E-state index in [1.807, 2.05) is 0 Å². The maximum absolute atomic E-state index is 13.1. The van der Waals surface area contributed by atoms with Gasteiger partial charge >= 0.3 is 18.0 Å². The van der Waals surface area contributed by atoms with Gasteiger partial charge in [-0.3, -0.25) is 19.7 Å². The first-order valence-corrected chi connectivity index (χ1v) is 11.4. The van der Waals surface area contributed by atoms with Gasteiger partial charge in [0.05, 0.1) is 31.7 Å². The van der Waals surface area contributed by atoms with Crippen molar-refractivity contribution in [1.29, 1.82) is 0 Å². The van der Waals surface area contributed by atoms with Crippen LogP contribution in [0.25, 0.3) is 0 Å². The third-order valence-corrected chi connectivity index (χ3v) is 5.55. The Hall–Kier alpha value is -4.52. The average Bonchev–Trinajstić information content (AvgIpc) is 2.92. The lowest BCUT2D eigenvalue weighted by molar-refractivity contribution is -0.384. The largest absolute Gasteiger partial charge is 0.469 e. The maximum atomic E-state index is 13.1. The Morgan fingerprint density at radius 1 is 0.947 bits per heavy atom. The number of aliphatic hydroxyl groups is 1. The molecule has 0 fully saturated rings. The zero-order valence-electron chi connectivity index (χ0n) is 21.0. The van der Waals surface area contributed by atoms with Crippen LogP contribution in [0.15, 0.2) is 54.6 Å². The number of aliphatic hydroxyl groups excluding tert-OH is 1. The molecule has 0 saturated heterocycles. The Balaban J connectivity index is 2.26. The third-order valence-electron chi connectivity index (χ3n) is 5.55. The molecule has 4 atom stereocenters. The Morgan fingerprint density at radius 3 is 2.11 bits per heavy atom. The van der Waals surface area contributed by atoms with E-state index in [1.165, 1.54) is 31.2 Å². The molecule has 0 saturated carbocycles. The molecule has 0 radical (unpaired) electrons. The molecule has 3 N–H and O–H groups in total. The van der Waals surface area contributed by atoms with E-state index >= 15 is 0 Å². The van der Waals surface area contributed by atoms with E-state index in [0.29, 0.717) is 11.1 Å². The number of nitro benzene ring substituents is 1. The molecular weight excluding hydrogens is 502 g/mol. The van der Waals surface area contributed by atoms with E-state index in [0.717, 1.165) is 14.2 Å². The molecule has 0 heterocycles. The number of alkyl carbamates (subject to hydrolysis) is 1. The van der Waals surface area contributed by atoms with E-state index in [2.05, 4.69) is 10.6 Å². The van der Waals surface area contributed by atoms with Crippen molar-refractivity contribution in [3.8, 4) is 0 Å². The van der Waals surface area contributed by atoms with Crippen LogP contribution in [0.3, 0.4) is 0 Å². The van der Waals surface area contributed by atoms with Crippen molar-refractivity contribution in [3.05, 3.63) is 75.8 Å². The first kappa shape index (κ1) is 29.7. The van der Waals surface area contributed by atoms with Crippen molar-refractivity contribution in [3.63, 3.8) is 0 Å². The third kappa shape index (κ3) is 8.55. The molecule has 0 unspecified atom stereocenters. The maximum Gasteiger partial charge on any atom is 0.408 e. The average molecular weight is 532 g/mol. The summed E-state index contributed by atoms with van der Waals surface area (Å²) >= 11 is 0. The summed E-state index contributed by atoms with van der Waals surface area (Å²) in [6, 6.07) is 10.8. The number of non-ortho nitro benzene ring substituents is 1. The number of hydrogen-bond acceptors (Lipinski definition) is 10. The van der Waals surface area contributed by atoms with Crippen LogP contribution in [-0.4, -0.2) is 66.4 Å². The molecule has 0 aliphatic carbocycles. The van der Waals surface area contributed by atoms with Crippen molar-refractivity contribution >= 4 is 29.6 Å². The summed E-state index contributed by atoms with van der Waals surface area (Å²) in [6.45, 7) is 1.16. The van der Waals surface area contributed by atoms with Crippen LogP contribution < -0.4 is 10.6 Å². The summed E-state index contributed by atoms with van der Waals surface area (Å²) < 4.78 is 14.6. The summed E-state index contributed by atoms with van der Waals surface area (Å²) in [6.07, 6.45) is -2.80. The number of methoxy groups -OCH3 is 2. The lowest BCUT2D eigenvalue weighted by Crippen LogP contribution is -2.57. The molecule has 2 rings (SSSR count). The minimum Gasteiger partial charge on any atom is -0.469 e. The first-order valence-electron chi connectivity index (χ1n) is 11.4. The summed E-state index contributed by atoms with van der Waals surface area (Å²) in [4.78, 5) is 60.7. The number of hydrogen-bond donors (Lipinski definition) is 3. The number of nitro groups is 1. The van der Waals surface area contributed by atoms with Gasteiger partial charge in [-0.2, -0.15) is 0 Å². The molecule has 13 nitrogen and oxygen atoms in total. The topological polar surface area (TPSA) is 183 Å². The number of carbonyl (C=O) groups is 4. The summed E-state index contributed by atoms with van der Waals surface area (Å²) in [5, 5.41) is 25.9. The highest BCUT2D eigenvalue weighted by atomic mass is 16.6. The normalized spacial score (nSPS) is 13.7. The molecule has 2 aromatic rings. The van der Waals surface area contributed by atoms with Gasteiger partial charge in [-0.05, 0) is 18.1 Å². The van der Waals surface area contributed by atoms with Crippen molar-refractivity contribution in [2.75, 3.05) is 14.2 Å². The Kier molecular flexibility index (Phi) is 11.2. The van der Waals surface area contributed by atoms with Gasteiger partial charge in [0, 0.05) is 18.1 Å². The molecular formula is C25H29N3O10. The number of nitrogens with zero attached hydrogens (tertiary/aromatic N) is 1. The quantitative estimate of drug-likeness (QED) is 0.157. The number of benzene rings is 2. The number of ether oxygens (including phenoxy) is 3. The highest BCUT2D eigenvalue weighted by Crippen LogP contribution is 2.27. The Morgan fingerprint density at radius 2 is 1.58 bits per heavy atom. The number of carbonyl (C=O) groups excluding carboxylic acids is 4. The van der Waals surface area contributed by atoms with Crippen molar-refractivity contribution in [1.82, 2.24) is 10.6 Å². The van der Waals surface area contributed by atoms with Crippen LogP contribution in [0.4, 0.5) is 10.5 Å². The minimum atomic E-state index is -1.54. The summed E-state index contributed by atoms with van der Waals surface area (Å²) in [5.41, 5.74) is 0.761. The molecule has 0 aliphatic heterocycles. The number of rotatable bonds is 12. The van der Waals surface area contributed by atoms with Gasteiger partial charge in [0.25, 0.3) is 5.69 Å². The van der Waals surface area contributed by atoms with E-state index in [1.54, 1.807) is 30.3 Å². The molecule has 0 bridgehead atoms. The van der Waals surface area contributed by atoms with E-state index in [9.17, 15) is 34.4 Å². The fraction of sp³-hybridized carbons (Fsp3) is 0.360. The fourth-order valence-corrected chi connectivity index (χ4v) is 3.53. The first-order chi connectivity index (χ1) is 18.1. The molecule has 0 spiro atoms. The molecule has 2 amide bonds. The molecule has 204 valence electrons. The van der Waals surface area contributed by atoms with Crippen molar-refractivity contribution in [2.45, 2.75) is 44.1 Å². The minimum absolute atomic E-state index is 0.0903. The van der Waals surface area contributed by atoms with Gasteiger partial charge in [-0.1, -0.05) is 42.5 Å². The number of nitrogens with one attached hydrogen (secondary N) is 2. The van der Waals surface area contributed by atoms with Gasteiger partial charge in [0.2, 0.25) is 5.91 Å². The predicted molar refractivity (Wildman–Crippen MR) is 132 cm³/mol. The van der Waals surface area contributed by atoms with Gasteiger partial charge in [-0.15, -0.1) is 0 Å². The van der Waals surface area contributed by atoms with Gasteiger partial charge in [0.15, 0.2) is 0 Å². The molecule has 0 aromatic heterocycles. The Bertz CT molecular complexity index is 1120. The van der Waals surface area contributed by atoms with Crippen molar-refractivity contribution < 1.29 is 43.4 Å². The van der Waals surface area contributed by atoms with E-state index < -0.39 is 59.4 Å². The van der Waals surface area contributed by atoms with Crippen LogP contribution >= 0.6 is 0 Å². The smallest absolute Gasteiger partial charge is 0.408 e. The monoisotopic (exact) mass is 531 g/mol. The second-order valence-electron chi connectivity index (χ2n) is 8.17. The fourth-order valence-electron chi connectivity index (χ4n) is 3.53. The molecule has 38 heavy (non-hydrogen) atoms. The predicted octanol–water partition coefficient (Wildman–Crippen LogP) is 1.58. The zero-order valence-corrected chi connectivity index (χ0v) is 21.0. The highest BCUT2D eigenvalue weighted by Gasteiger charge is 2.37. The van der Waals surface area contributed by atoms with Crippen LogP contribution in [0.2, 0.25) is 0 Å². The van der Waals surface area contributed by atoms with Crippen molar-refractivity contribution in [2.24, 2.45) is 0 Å². The molecule has 2 aromatic carbocycles. The van der Waals surface area contributed by atoms with Gasteiger partial charge in [-0.25, -0.2) is 9.59 Å². The highest BCUT2D eigenvalue weighted by molar-refractivity contribution is 5.91. The molecule has 0 aliphatic rings. The van der Waals surface area contributed by atoms with Gasteiger partial charge < -0.3 is 30.0 Å². The summed E-state index contributed by atoms with van der Waals surface area (Å²) in [5.74, 6) is -3.71.